The molecule has 3 N–H and O–H groups in total. The highest BCUT2D eigenvalue weighted by atomic mass is 16.2. The van der Waals surface area contributed by atoms with Gasteiger partial charge in [-0.25, -0.2) is 0 Å². The van der Waals surface area contributed by atoms with Crippen LogP contribution in [0.4, 0.5) is 0 Å². The first-order valence-corrected chi connectivity index (χ1v) is 6.38. The highest BCUT2D eigenvalue weighted by Crippen LogP contribution is 2.51. The summed E-state index contributed by atoms with van der Waals surface area (Å²) in [6.45, 7) is 9.95. The summed E-state index contributed by atoms with van der Waals surface area (Å²) in [7, 11) is 0. The number of amides is 1. The number of nitrogens with two attached hydrogens (primary N) is 1. The molecule has 1 amide bonds. The van der Waals surface area contributed by atoms with Crippen molar-refractivity contribution in [3.63, 3.8) is 0 Å². The average molecular weight is 226 g/mol. The molecule has 0 bridgehead atoms. The maximum absolute atomic E-state index is 11.9. The minimum Gasteiger partial charge on any atom is -0.355 e. The fourth-order valence-corrected chi connectivity index (χ4v) is 2.17. The van der Waals surface area contributed by atoms with Crippen LogP contribution in [0.25, 0.3) is 0 Å². The Labute approximate surface area is 99.2 Å². The fraction of sp³-hybridized carbons (Fsp3) is 0.923. The highest BCUT2D eigenvalue weighted by Gasteiger charge is 2.50. The van der Waals surface area contributed by atoms with Gasteiger partial charge >= 0.3 is 0 Å². The van der Waals surface area contributed by atoms with Crippen LogP contribution in [0.1, 0.15) is 47.0 Å². The number of hydrogen-bond donors (Lipinski definition) is 2. The van der Waals surface area contributed by atoms with Crippen LogP contribution in [-0.2, 0) is 4.79 Å². The van der Waals surface area contributed by atoms with E-state index in [1.807, 2.05) is 0 Å². The molecule has 1 fully saturated rings. The van der Waals surface area contributed by atoms with Crippen molar-refractivity contribution in [2.24, 2.45) is 22.5 Å². The molecule has 94 valence electrons. The summed E-state index contributed by atoms with van der Waals surface area (Å²) in [5, 5.41) is 3.07. The van der Waals surface area contributed by atoms with E-state index in [0.717, 1.165) is 25.8 Å². The summed E-state index contributed by atoms with van der Waals surface area (Å²) in [5.41, 5.74) is 6.12. The second-order valence-corrected chi connectivity index (χ2v) is 5.87. The number of carbonyl (C=O) groups is 1. The van der Waals surface area contributed by atoms with Crippen LogP contribution in [0.5, 0.6) is 0 Å². The van der Waals surface area contributed by atoms with Gasteiger partial charge in [0.15, 0.2) is 0 Å². The molecule has 0 aliphatic heterocycles. The minimum absolute atomic E-state index is 0.0920. The van der Waals surface area contributed by atoms with Crippen LogP contribution in [0.15, 0.2) is 0 Å². The lowest BCUT2D eigenvalue weighted by Gasteiger charge is -2.30. The molecule has 0 spiro atoms. The quantitative estimate of drug-likeness (QED) is 0.727. The summed E-state index contributed by atoms with van der Waals surface area (Å²) in [6.07, 6.45) is 3.06. The van der Waals surface area contributed by atoms with Crippen molar-refractivity contribution in [2.75, 3.05) is 13.1 Å². The van der Waals surface area contributed by atoms with E-state index in [1.54, 1.807) is 0 Å². The molecule has 1 aliphatic carbocycles. The number of carbonyl (C=O) groups excluding carboxylic acids is 1. The molecule has 1 rings (SSSR count). The zero-order valence-corrected chi connectivity index (χ0v) is 11.1. The Morgan fingerprint density at radius 2 is 1.94 bits per heavy atom. The third kappa shape index (κ3) is 2.76. The number of rotatable bonds is 6. The van der Waals surface area contributed by atoms with Crippen molar-refractivity contribution in [3.05, 3.63) is 0 Å². The van der Waals surface area contributed by atoms with E-state index in [2.05, 4.69) is 33.0 Å². The summed E-state index contributed by atoms with van der Waals surface area (Å²) in [4.78, 5) is 11.9. The van der Waals surface area contributed by atoms with Crippen molar-refractivity contribution in [1.29, 1.82) is 0 Å². The molecule has 0 aromatic rings. The Bertz CT molecular complexity index is 248. The molecule has 1 aliphatic rings. The number of nitrogens with one attached hydrogen (secondary N) is 1. The predicted octanol–water partition coefficient (Wildman–Crippen LogP) is 1.91. The third-order valence-corrected chi connectivity index (χ3v) is 4.40. The smallest absolute Gasteiger partial charge is 0.223 e. The van der Waals surface area contributed by atoms with Gasteiger partial charge in [-0.15, -0.1) is 0 Å². The van der Waals surface area contributed by atoms with Crippen LogP contribution < -0.4 is 11.1 Å². The molecule has 1 saturated carbocycles. The Morgan fingerprint density at radius 1 is 1.44 bits per heavy atom. The van der Waals surface area contributed by atoms with Gasteiger partial charge in [0.1, 0.15) is 0 Å². The van der Waals surface area contributed by atoms with E-state index >= 15 is 0 Å². The average Bonchev–Trinajstić information content (AvgIpc) is 2.90. The minimum atomic E-state index is 0.0920. The lowest BCUT2D eigenvalue weighted by atomic mass is 9.82. The summed E-state index contributed by atoms with van der Waals surface area (Å²) >= 11 is 0. The zero-order valence-electron chi connectivity index (χ0n) is 11.1. The SMILES string of the molecule is CCC(CC)(CN)CNC(=O)C1CC1(C)C. The van der Waals surface area contributed by atoms with Gasteiger partial charge in [0, 0.05) is 12.5 Å². The maximum Gasteiger partial charge on any atom is 0.223 e. The van der Waals surface area contributed by atoms with Gasteiger partial charge < -0.3 is 11.1 Å². The first-order chi connectivity index (χ1) is 7.40. The Kier molecular flexibility index (Phi) is 4.00. The molecule has 3 nitrogen and oxygen atoms in total. The molecule has 0 aromatic carbocycles. The normalized spacial score (nSPS) is 22.9. The van der Waals surface area contributed by atoms with Crippen molar-refractivity contribution in [1.82, 2.24) is 5.32 Å². The number of hydrogen-bond acceptors (Lipinski definition) is 2. The lowest BCUT2D eigenvalue weighted by molar-refractivity contribution is -0.123. The van der Waals surface area contributed by atoms with Crippen LogP contribution >= 0.6 is 0 Å². The second kappa shape index (κ2) is 4.74. The monoisotopic (exact) mass is 226 g/mol. The maximum atomic E-state index is 11.9. The molecule has 1 unspecified atom stereocenters. The predicted molar refractivity (Wildman–Crippen MR) is 67.0 cm³/mol. The Morgan fingerprint density at radius 3 is 2.25 bits per heavy atom. The van der Waals surface area contributed by atoms with Crippen LogP contribution in [0.2, 0.25) is 0 Å². The van der Waals surface area contributed by atoms with Crippen molar-refractivity contribution < 1.29 is 4.79 Å². The molecule has 3 heteroatoms. The molecule has 16 heavy (non-hydrogen) atoms. The molecular formula is C13H26N2O. The highest BCUT2D eigenvalue weighted by molar-refractivity contribution is 5.82. The first-order valence-electron chi connectivity index (χ1n) is 6.38. The van der Waals surface area contributed by atoms with E-state index in [4.69, 9.17) is 5.73 Å². The summed E-state index contributed by atoms with van der Waals surface area (Å²) in [5.74, 6) is 0.432. The Hall–Kier alpha value is -0.570. The van der Waals surface area contributed by atoms with Crippen molar-refractivity contribution in [3.8, 4) is 0 Å². The van der Waals surface area contributed by atoms with Crippen LogP contribution in [0, 0.1) is 16.7 Å². The topological polar surface area (TPSA) is 55.1 Å². The zero-order chi connectivity index (χ0) is 12.4. The molecule has 0 saturated heterocycles. The van der Waals surface area contributed by atoms with Gasteiger partial charge in [-0.3, -0.25) is 4.79 Å². The Balaban J connectivity index is 2.41. The summed E-state index contributed by atoms with van der Waals surface area (Å²) < 4.78 is 0. The van der Waals surface area contributed by atoms with E-state index in [9.17, 15) is 4.79 Å². The van der Waals surface area contributed by atoms with Crippen LogP contribution in [0.3, 0.4) is 0 Å². The fourth-order valence-electron chi connectivity index (χ4n) is 2.17. The summed E-state index contributed by atoms with van der Waals surface area (Å²) in [6, 6.07) is 0. The van der Waals surface area contributed by atoms with Crippen molar-refractivity contribution in [2.45, 2.75) is 47.0 Å². The molecular weight excluding hydrogens is 200 g/mol. The lowest BCUT2D eigenvalue weighted by Crippen LogP contribution is -2.42. The van der Waals surface area contributed by atoms with Crippen LogP contribution in [-0.4, -0.2) is 19.0 Å². The molecule has 1 atom stereocenters. The van der Waals surface area contributed by atoms with Crippen molar-refractivity contribution >= 4 is 5.91 Å². The molecule has 0 radical (unpaired) electrons. The van der Waals surface area contributed by atoms with Gasteiger partial charge in [-0.2, -0.15) is 0 Å². The van der Waals surface area contributed by atoms with Gasteiger partial charge in [0.05, 0.1) is 0 Å². The van der Waals surface area contributed by atoms with E-state index in [1.165, 1.54) is 0 Å². The molecule has 0 heterocycles. The standard InChI is InChI=1S/C13H26N2O/c1-5-13(6-2,8-14)9-15-11(16)10-7-12(10,3)4/h10H,5-9,14H2,1-4H3,(H,15,16). The van der Waals surface area contributed by atoms with Gasteiger partial charge in [0.25, 0.3) is 0 Å². The van der Waals surface area contributed by atoms with E-state index < -0.39 is 0 Å². The first kappa shape index (κ1) is 13.5. The third-order valence-electron chi connectivity index (χ3n) is 4.40. The van der Waals surface area contributed by atoms with E-state index in [0.29, 0.717) is 6.54 Å². The van der Waals surface area contributed by atoms with Gasteiger partial charge in [-0.05, 0) is 36.6 Å². The van der Waals surface area contributed by atoms with E-state index in [-0.39, 0.29) is 22.7 Å². The second-order valence-electron chi connectivity index (χ2n) is 5.87. The van der Waals surface area contributed by atoms with Gasteiger partial charge in [-0.1, -0.05) is 27.7 Å². The van der Waals surface area contributed by atoms with Gasteiger partial charge in [0.2, 0.25) is 5.91 Å². The largest absolute Gasteiger partial charge is 0.355 e. The molecule has 0 aromatic heterocycles.